The normalized spacial score (nSPS) is 20.0. The van der Waals surface area contributed by atoms with Gasteiger partial charge in [0.15, 0.2) is 0 Å². The zero-order chi connectivity index (χ0) is 10.7. The molecule has 0 aliphatic heterocycles. The van der Waals surface area contributed by atoms with Gasteiger partial charge in [-0.3, -0.25) is 0 Å². The maximum Gasteiger partial charge on any atom is 0.0210 e. The second-order valence-corrected chi connectivity index (χ2v) is 5.14. The van der Waals surface area contributed by atoms with Crippen LogP contribution in [0.25, 0.3) is 0 Å². The van der Waals surface area contributed by atoms with E-state index in [4.69, 9.17) is 0 Å². The van der Waals surface area contributed by atoms with Gasteiger partial charge >= 0.3 is 0 Å². The summed E-state index contributed by atoms with van der Waals surface area (Å²) in [6, 6.07) is 6.64. The van der Waals surface area contributed by atoms with Crippen LogP contribution < -0.4 is 5.32 Å². The van der Waals surface area contributed by atoms with Crippen molar-refractivity contribution in [1.29, 1.82) is 0 Å². The zero-order valence-electron chi connectivity index (χ0n) is 9.22. The van der Waals surface area contributed by atoms with Crippen molar-refractivity contribution in [3.05, 3.63) is 33.8 Å². The van der Waals surface area contributed by atoms with Gasteiger partial charge in [0.25, 0.3) is 0 Å². The molecule has 0 radical (unpaired) electrons. The van der Waals surface area contributed by atoms with E-state index < -0.39 is 0 Å². The molecule has 0 bridgehead atoms. The molecule has 2 heteroatoms. The van der Waals surface area contributed by atoms with Crippen LogP contribution in [0.4, 0.5) is 0 Å². The summed E-state index contributed by atoms with van der Waals surface area (Å²) < 4.78 is 1.30. The minimum Gasteiger partial charge on any atom is -0.320 e. The molecule has 1 aliphatic rings. The van der Waals surface area contributed by atoms with E-state index in [0.717, 1.165) is 12.5 Å². The quantitative estimate of drug-likeness (QED) is 0.885. The molecule has 1 N–H and O–H groups in total. The number of rotatable bonds is 3. The smallest absolute Gasteiger partial charge is 0.0210 e. The number of halogens is 1. The van der Waals surface area contributed by atoms with Crippen LogP contribution >= 0.6 is 15.9 Å². The largest absolute Gasteiger partial charge is 0.320 e. The summed E-state index contributed by atoms with van der Waals surface area (Å²) in [4.78, 5) is 0. The van der Waals surface area contributed by atoms with E-state index in [1.165, 1.54) is 30.2 Å². The highest BCUT2D eigenvalue weighted by atomic mass is 79.9. The van der Waals surface area contributed by atoms with Gasteiger partial charge in [0.1, 0.15) is 0 Å². The molecule has 0 heterocycles. The summed E-state index contributed by atoms with van der Waals surface area (Å²) in [5, 5.41) is 3.25. The maximum atomic E-state index is 3.66. The highest BCUT2D eigenvalue weighted by molar-refractivity contribution is 9.10. The Hall–Kier alpha value is -0.340. The molecule has 0 saturated carbocycles. The van der Waals surface area contributed by atoms with Crippen LogP contribution in [-0.4, -0.2) is 13.6 Å². The molecule has 1 nitrogen and oxygen atoms in total. The minimum absolute atomic E-state index is 0.763. The number of fused-ring (bicyclic) bond motifs is 1. The van der Waals surface area contributed by atoms with E-state index in [0.29, 0.717) is 0 Å². The lowest BCUT2D eigenvalue weighted by molar-refractivity contribution is 0.509. The SMILES string of the molecule is CNCCC1CCCc2c(Br)cccc21. The second kappa shape index (κ2) is 5.13. The van der Waals surface area contributed by atoms with E-state index in [2.05, 4.69) is 39.4 Å². The standard InChI is InChI=1S/C13H18BrN/c1-15-9-8-10-4-2-6-12-11(10)5-3-7-13(12)14/h3,5,7,10,15H,2,4,6,8-9H2,1H3. The predicted molar refractivity (Wildman–Crippen MR) is 68.4 cm³/mol. The van der Waals surface area contributed by atoms with Crippen molar-refractivity contribution < 1.29 is 0 Å². The molecule has 1 unspecified atom stereocenters. The van der Waals surface area contributed by atoms with Crippen molar-refractivity contribution in [2.45, 2.75) is 31.6 Å². The first-order chi connectivity index (χ1) is 7.33. The zero-order valence-corrected chi connectivity index (χ0v) is 10.8. The van der Waals surface area contributed by atoms with Crippen LogP contribution in [-0.2, 0) is 6.42 Å². The molecule has 0 aromatic heterocycles. The van der Waals surface area contributed by atoms with Crippen LogP contribution in [0, 0.1) is 0 Å². The summed E-state index contributed by atoms with van der Waals surface area (Å²) in [5.74, 6) is 0.763. The first-order valence-electron chi connectivity index (χ1n) is 5.75. The molecule has 1 atom stereocenters. The topological polar surface area (TPSA) is 12.0 Å². The van der Waals surface area contributed by atoms with E-state index in [1.807, 2.05) is 7.05 Å². The van der Waals surface area contributed by atoms with Gasteiger partial charge in [-0.2, -0.15) is 0 Å². The molecule has 0 fully saturated rings. The highest BCUT2D eigenvalue weighted by Crippen LogP contribution is 2.36. The molecule has 2 rings (SSSR count). The molecule has 1 aromatic carbocycles. The third-order valence-corrected chi connectivity index (χ3v) is 4.06. The first kappa shape index (κ1) is 11.2. The van der Waals surface area contributed by atoms with Crippen molar-refractivity contribution in [2.75, 3.05) is 13.6 Å². The van der Waals surface area contributed by atoms with Crippen molar-refractivity contribution in [2.24, 2.45) is 0 Å². The summed E-state index contributed by atoms with van der Waals surface area (Å²) in [6.45, 7) is 1.12. The van der Waals surface area contributed by atoms with Gasteiger partial charge in [0, 0.05) is 4.47 Å². The third-order valence-electron chi connectivity index (χ3n) is 3.32. The Labute approximate surface area is 100 Å². The molecule has 0 spiro atoms. The molecule has 15 heavy (non-hydrogen) atoms. The fourth-order valence-electron chi connectivity index (χ4n) is 2.52. The fourth-order valence-corrected chi connectivity index (χ4v) is 3.10. The number of hydrogen-bond acceptors (Lipinski definition) is 1. The minimum atomic E-state index is 0.763. The van der Waals surface area contributed by atoms with Crippen LogP contribution in [0.2, 0.25) is 0 Å². The number of benzene rings is 1. The lowest BCUT2D eigenvalue weighted by atomic mass is 9.81. The predicted octanol–water partition coefficient (Wildman–Crippen LogP) is 3.48. The Morgan fingerprint density at radius 1 is 1.47 bits per heavy atom. The van der Waals surface area contributed by atoms with Crippen molar-refractivity contribution in [1.82, 2.24) is 5.32 Å². The fraction of sp³-hybridized carbons (Fsp3) is 0.538. The van der Waals surface area contributed by atoms with E-state index in [-0.39, 0.29) is 0 Å². The van der Waals surface area contributed by atoms with Gasteiger partial charge in [-0.1, -0.05) is 28.1 Å². The lowest BCUT2D eigenvalue weighted by Gasteiger charge is -2.26. The van der Waals surface area contributed by atoms with E-state index >= 15 is 0 Å². The molecule has 1 aromatic rings. The van der Waals surface area contributed by atoms with Gasteiger partial charge in [0.05, 0.1) is 0 Å². The van der Waals surface area contributed by atoms with Gasteiger partial charge in [0.2, 0.25) is 0 Å². The van der Waals surface area contributed by atoms with Crippen molar-refractivity contribution in [3.63, 3.8) is 0 Å². The van der Waals surface area contributed by atoms with Crippen molar-refractivity contribution in [3.8, 4) is 0 Å². The van der Waals surface area contributed by atoms with Crippen LogP contribution in [0.3, 0.4) is 0 Å². The molecular formula is C13H18BrN. The molecule has 0 amide bonds. The Morgan fingerprint density at radius 3 is 3.13 bits per heavy atom. The highest BCUT2D eigenvalue weighted by Gasteiger charge is 2.20. The van der Waals surface area contributed by atoms with Gasteiger partial charge in [-0.25, -0.2) is 0 Å². The summed E-state index contributed by atoms with van der Waals surface area (Å²) >= 11 is 3.66. The second-order valence-electron chi connectivity index (χ2n) is 4.29. The van der Waals surface area contributed by atoms with Crippen LogP contribution in [0.5, 0.6) is 0 Å². The summed E-state index contributed by atoms with van der Waals surface area (Å²) in [7, 11) is 2.03. The van der Waals surface area contributed by atoms with Crippen LogP contribution in [0.15, 0.2) is 22.7 Å². The molecule has 1 aliphatic carbocycles. The van der Waals surface area contributed by atoms with Crippen LogP contribution in [0.1, 0.15) is 36.3 Å². The first-order valence-corrected chi connectivity index (χ1v) is 6.54. The Bertz CT molecular complexity index is 335. The van der Waals surface area contributed by atoms with Gasteiger partial charge in [-0.15, -0.1) is 0 Å². The Kier molecular flexibility index (Phi) is 3.81. The van der Waals surface area contributed by atoms with Gasteiger partial charge in [-0.05, 0) is 62.4 Å². The summed E-state index contributed by atoms with van der Waals surface area (Å²) in [6.07, 6.45) is 5.20. The Balaban J connectivity index is 2.22. The van der Waals surface area contributed by atoms with E-state index in [1.54, 1.807) is 11.1 Å². The van der Waals surface area contributed by atoms with Crippen molar-refractivity contribution >= 4 is 15.9 Å². The lowest BCUT2D eigenvalue weighted by Crippen LogP contribution is -2.16. The summed E-state index contributed by atoms with van der Waals surface area (Å²) in [5.41, 5.74) is 3.12. The number of nitrogens with one attached hydrogen (secondary N) is 1. The number of hydrogen-bond donors (Lipinski definition) is 1. The average Bonchev–Trinajstić information content (AvgIpc) is 2.27. The molecular weight excluding hydrogens is 250 g/mol. The monoisotopic (exact) mass is 267 g/mol. The maximum absolute atomic E-state index is 3.66. The average molecular weight is 268 g/mol. The molecule has 0 saturated heterocycles. The third kappa shape index (κ3) is 2.43. The van der Waals surface area contributed by atoms with Gasteiger partial charge < -0.3 is 5.32 Å². The Morgan fingerprint density at radius 2 is 2.33 bits per heavy atom. The van der Waals surface area contributed by atoms with E-state index in [9.17, 15) is 0 Å². The molecule has 82 valence electrons.